The summed E-state index contributed by atoms with van der Waals surface area (Å²) in [6.45, 7) is 1.58. The monoisotopic (exact) mass is 305 g/mol. The smallest absolute Gasteiger partial charge is 0.346 e. The molecule has 0 spiro atoms. The number of halogens is 1. The first-order valence-corrected chi connectivity index (χ1v) is 6.57. The molecule has 0 aliphatic rings. The Morgan fingerprint density at radius 3 is 2.36 bits per heavy atom. The number of carbonyl (C=O) groups excluding carboxylic acids is 1. The molecule has 2 rings (SSSR count). The normalized spacial score (nSPS) is 11.6. The van der Waals surface area contributed by atoms with Crippen LogP contribution in [0.4, 0.5) is 10.1 Å². The second-order valence-corrected chi connectivity index (χ2v) is 4.55. The molecule has 2 aromatic rings. The van der Waals surface area contributed by atoms with Gasteiger partial charge in [0.05, 0.1) is 7.11 Å². The summed E-state index contributed by atoms with van der Waals surface area (Å²) in [5, 5.41) is 0. The van der Waals surface area contributed by atoms with Gasteiger partial charge in [-0.05, 0) is 43.3 Å². The van der Waals surface area contributed by atoms with Crippen molar-refractivity contribution < 1.29 is 23.4 Å². The highest BCUT2D eigenvalue weighted by atomic mass is 19.1. The average molecular weight is 305 g/mol. The van der Waals surface area contributed by atoms with Crippen LogP contribution in [0.2, 0.25) is 0 Å². The van der Waals surface area contributed by atoms with Crippen molar-refractivity contribution in [1.82, 2.24) is 0 Å². The van der Waals surface area contributed by atoms with Crippen molar-refractivity contribution in [3.05, 3.63) is 48.3 Å². The molecule has 1 unspecified atom stereocenters. The van der Waals surface area contributed by atoms with E-state index in [1.165, 1.54) is 19.2 Å². The molecule has 0 aromatic heterocycles. The number of anilines is 1. The van der Waals surface area contributed by atoms with Gasteiger partial charge < -0.3 is 19.9 Å². The minimum Gasteiger partial charge on any atom is -0.479 e. The Kier molecular flexibility index (Phi) is 4.83. The van der Waals surface area contributed by atoms with E-state index in [0.717, 1.165) is 0 Å². The van der Waals surface area contributed by atoms with E-state index in [1.807, 2.05) is 0 Å². The Balaban J connectivity index is 2.04. The zero-order valence-electron chi connectivity index (χ0n) is 12.2. The summed E-state index contributed by atoms with van der Waals surface area (Å²) in [7, 11) is 1.29. The molecule has 0 saturated heterocycles. The van der Waals surface area contributed by atoms with Gasteiger partial charge in [0.25, 0.3) is 0 Å². The van der Waals surface area contributed by atoms with Gasteiger partial charge in [0, 0.05) is 11.8 Å². The van der Waals surface area contributed by atoms with Crippen molar-refractivity contribution in [2.24, 2.45) is 0 Å². The predicted molar refractivity (Wildman–Crippen MR) is 79.4 cm³/mol. The summed E-state index contributed by atoms with van der Waals surface area (Å²) >= 11 is 0. The van der Waals surface area contributed by atoms with Crippen molar-refractivity contribution in [2.45, 2.75) is 13.0 Å². The fourth-order valence-corrected chi connectivity index (χ4v) is 1.73. The predicted octanol–water partition coefficient (Wildman–Crippen LogP) is 3.14. The van der Waals surface area contributed by atoms with Gasteiger partial charge >= 0.3 is 5.97 Å². The van der Waals surface area contributed by atoms with E-state index in [9.17, 15) is 9.18 Å². The Labute approximate surface area is 127 Å². The van der Waals surface area contributed by atoms with Gasteiger partial charge in [0.15, 0.2) is 17.7 Å². The first-order chi connectivity index (χ1) is 10.5. The fraction of sp³-hybridized carbons (Fsp3) is 0.188. The number of ether oxygens (including phenoxy) is 3. The zero-order chi connectivity index (χ0) is 16.1. The zero-order valence-corrected chi connectivity index (χ0v) is 12.2. The van der Waals surface area contributed by atoms with Gasteiger partial charge in [-0.3, -0.25) is 0 Å². The maximum atomic E-state index is 13.6. The lowest BCUT2D eigenvalue weighted by molar-refractivity contribution is -0.147. The molecule has 2 aromatic carbocycles. The first-order valence-electron chi connectivity index (χ1n) is 6.57. The van der Waals surface area contributed by atoms with Crippen LogP contribution < -0.4 is 15.2 Å². The molecule has 5 nitrogen and oxygen atoms in total. The molecule has 22 heavy (non-hydrogen) atoms. The molecule has 0 radical (unpaired) electrons. The van der Waals surface area contributed by atoms with Crippen LogP contribution in [-0.2, 0) is 9.53 Å². The maximum Gasteiger partial charge on any atom is 0.346 e. The highest BCUT2D eigenvalue weighted by Crippen LogP contribution is 2.27. The highest BCUT2D eigenvalue weighted by molar-refractivity contribution is 5.74. The molecular formula is C16H16FNO4. The fourth-order valence-electron chi connectivity index (χ4n) is 1.73. The Morgan fingerprint density at radius 2 is 1.77 bits per heavy atom. The number of carbonyl (C=O) groups is 1. The van der Waals surface area contributed by atoms with E-state index in [4.69, 9.17) is 15.2 Å². The van der Waals surface area contributed by atoms with Crippen LogP contribution in [0.25, 0.3) is 0 Å². The van der Waals surface area contributed by atoms with Crippen LogP contribution in [0.3, 0.4) is 0 Å². The molecule has 0 fully saturated rings. The van der Waals surface area contributed by atoms with E-state index in [-0.39, 0.29) is 5.75 Å². The number of hydrogen-bond acceptors (Lipinski definition) is 5. The summed E-state index contributed by atoms with van der Waals surface area (Å²) in [5.74, 6) is -0.0283. The van der Waals surface area contributed by atoms with Gasteiger partial charge in [-0.2, -0.15) is 0 Å². The number of benzene rings is 2. The maximum absolute atomic E-state index is 13.6. The minimum absolute atomic E-state index is 0.0748. The van der Waals surface area contributed by atoms with Crippen LogP contribution in [0.5, 0.6) is 17.2 Å². The van der Waals surface area contributed by atoms with Crippen LogP contribution in [0.1, 0.15) is 6.92 Å². The summed E-state index contributed by atoms with van der Waals surface area (Å²) in [4.78, 5) is 11.3. The molecule has 0 bridgehead atoms. The number of nitrogens with two attached hydrogens (primary N) is 1. The van der Waals surface area contributed by atoms with Crippen LogP contribution in [-0.4, -0.2) is 19.2 Å². The number of hydrogen-bond donors (Lipinski definition) is 1. The summed E-state index contributed by atoms with van der Waals surface area (Å²) in [5.41, 5.74) is 5.80. The number of methoxy groups -OCH3 is 1. The molecule has 0 saturated carbocycles. The third-order valence-electron chi connectivity index (χ3n) is 2.85. The number of nitrogen functional groups attached to an aromatic ring is 1. The lowest BCUT2D eigenvalue weighted by atomic mass is 10.3. The molecular weight excluding hydrogens is 289 g/mol. The van der Waals surface area contributed by atoms with E-state index in [1.54, 1.807) is 37.3 Å². The van der Waals surface area contributed by atoms with Crippen molar-refractivity contribution in [3.63, 3.8) is 0 Å². The van der Waals surface area contributed by atoms with Crippen LogP contribution in [0.15, 0.2) is 42.5 Å². The van der Waals surface area contributed by atoms with Gasteiger partial charge in [0.1, 0.15) is 11.5 Å². The summed E-state index contributed by atoms with van der Waals surface area (Å²) < 4.78 is 29.0. The first kappa shape index (κ1) is 15.6. The van der Waals surface area contributed by atoms with Gasteiger partial charge in [-0.15, -0.1) is 0 Å². The van der Waals surface area contributed by atoms with Gasteiger partial charge in [-0.1, -0.05) is 0 Å². The largest absolute Gasteiger partial charge is 0.479 e. The summed E-state index contributed by atoms with van der Waals surface area (Å²) in [6.07, 6.45) is -0.716. The third kappa shape index (κ3) is 3.88. The van der Waals surface area contributed by atoms with E-state index < -0.39 is 17.9 Å². The number of rotatable bonds is 5. The average Bonchev–Trinajstić information content (AvgIpc) is 2.51. The topological polar surface area (TPSA) is 70.8 Å². The van der Waals surface area contributed by atoms with Gasteiger partial charge in [0.2, 0.25) is 0 Å². The van der Waals surface area contributed by atoms with Crippen molar-refractivity contribution in [3.8, 4) is 17.2 Å². The third-order valence-corrected chi connectivity index (χ3v) is 2.85. The molecule has 0 aliphatic carbocycles. The standard InChI is InChI=1S/C16H16FNO4/c1-10(16(19)20-2)21-12-4-6-13(7-5-12)22-15-8-3-11(18)9-14(15)17/h3-10H,18H2,1-2H3. The van der Waals surface area contributed by atoms with E-state index >= 15 is 0 Å². The van der Waals surface area contributed by atoms with Crippen LogP contribution >= 0.6 is 0 Å². The lowest BCUT2D eigenvalue weighted by Crippen LogP contribution is -2.24. The molecule has 0 aliphatic heterocycles. The molecule has 0 heterocycles. The number of esters is 1. The van der Waals surface area contributed by atoms with E-state index in [0.29, 0.717) is 17.2 Å². The molecule has 1 atom stereocenters. The van der Waals surface area contributed by atoms with Crippen molar-refractivity contribution in [2.75, 3.05) is 12.8 Å². The van der Waals surface area contributed by atoms with E-state index in [2.05, 4.69) is 4.74 Å². The van der Waals surface area contributed by atoms with Crippen molar-refractivity contribution in [1.29, 1.82) is 0 Å². The molecule has 2 N–H and O–H groups in total. The lowest BCUT2D eigenvalue weighted by Gasteiger charge is -2.13. The quantitative estimate of drug-likeness (QED) is 0.679. The Bertz CT molecular complexity index is 658. The molecule has 0 amide bonds. The van der Waals surface area contributed by atoms with Crippen molar-refractivity contribution >= 4 is 11.7 Å². The Hall–Kier alpha value is -2.76. The highest BCUT2D eigenvalue weighted by Gasteiger charge is 2.14. The van der Waals surface area contributed by atoms with Crippen LogP contribution in [0, 0.1) is 5.82 Å². The molecule has 116 valence electrons. The SMILES string of the molecule is COC(=O)C(C)Oc1ccc(Oc2ccc(N)cc2F)cc1. The van der Waals surface area contributed by atoms with Gasteiger partial charge in [-0.25, -0.2) is 9.18 Å². The second kappa shape index (κ2) is 6.80. The Morgan fingerprint density at radius 1 is 1.14 bits per heavy atom. The molecule has 6 heteroatoms. The summed E-state index contributed by atoms with van der Waals surface area (Å²) in [6, 6.07) is 10.6. The minimum atomic E-state index is -0.716. The second-order valence-electron chi connectivity index (χ2n) is 4.55.